The minimum atomic E-state index is -0.317. The van der Waals surface area contributed by atoms with Crippen LogP contribution in [0.4, 0.5) is 0 Å². The van der Waals surface area contributed by atoms with Crippen molar-refractivity contribution in [1.82, 2.24) is 15.4 Å². The number of aromatic amines is 1. The predicted molar refractivity (Wildman–Crippen MR) is 126 cm³/mol. The number of carbonyl (C=O) groups excluding carboxylic acids is 1. The van der Waals surface area contributed by atoms with Crippen molar-refractivity contribution < 1.29 is 4.79 Å². The molecule has 0 aliphatic rings. The molecule has 0 spiro atoms. The zero-order chi connectivity index (χ0) is 21.2. The van der Waals surface area contributed by atoms with Crippen LogP contribution in [0.1, 0.15) is 15.9 Å². The fraction of sp³-hybridized carbons (Fsp3) is 0. The average molecular weight is 425 g/mol. The first kappa shape index (κ1) is 19.0. The van der Waals surface area contributed by atoms with Gasteiger partial charge in [-0.2, -0.15) is 5.10 Å². The van der Waals surface area contributed by atoms with Crippen molar-refractivity contribution in [3.8, 4) is 11.3 Å². The summed E-state index contributed by atoms with van der Waals surface area (Å²) in [6.45, 7) is 0. The first-order valence-electron chi connectivity index (χ1n) is 9.75. The first-order chi connectivity index (χ1) is 15.2. The third-order valence-corrected chi connectivity index (χ3v) is 5.43. The van der Waals surface area contributed by atoms with Crippen LogP contribution < -0.4 is 5.43 Å². The molecule has 0 fully saturated rings. The van der Waals surface area contributed by atoms with Crippen LogP contribution >= 0.6 is 11.6 Å². The topological polar surface area (TPSA) is 70.1 Å². The van der Waals surface area contributed by atoms with Crippen LogP contribution in [0.2, 0.25) is 5.02 Å². The van der Waals surface area contributed by atoms with E-state index < -0.39 is 0 Å². The van der Waals surface area contributed by atoms with Gasteiger partial charge in [-0.3, -0.25) is 4.79 Å². The Morgan fingerprint density at radius 1 is 0.968 bits per heavy atom. The summed E-state index contributed by atoms with van der Waals surface area (Å²) in [5.74, 6) is -0.317. The lowest BCUT2D eigenvalue weighted by Crippen LogP contribution is -2.18. The maximum Gasteiger partial charge on any atom is 0.272 e. The Kier molecular flexibility index (Phi) is 4.94. The van der Waals surface area contributed by atoms with E-state index in [-0.39, 0.29) is 5.91 Å². The van der Waals surface area contributed by atoms with Gasteiger partial charge in [0, 0.05) is 38.6 Å². The van der Waals surface area contributed by atoms with Gasteiger partial charge in [-0.1, -0.05) is 66.2 Å². The van der Waals surface area contributed by atoms with Crippen molar-refractivity contribution in [2.75, 3.05) is 0 Å². The second-order valence-electron chi connectivity index (χ2n) is 7.04. The van der Waals surface area contributed by atoms with Crippen molar-refractivity contribution in [2.45, 2.75) is 0 Å². The van der Waals surface area contributed by atoms with Gasteiger partial charge in [0.05, 0.1) is 23.0 Å². The summed E-state index contributed by atoms with van der Waals surface area (Å²) in [6.07, 6.45) is 3.49. The maximum absolute atomic E-state index is 13.0. The van der Waals surface area contributed by atoms with E-state index in [9.17, 15) is 4.79 Å². The van der Waals surface area contributed by atoms with E-state index in [1.165, 1.54) is 0 Å². The highest BCUT2D eigenvalue weighted by molar-refractivity contribution is 6.33. The molecule has 1 amide bonds. The van der Waals surface area contributed by atoms with Gasteiger partial charge in [0.15, 0.2) is 0 Å². The fourth-order valence-corrected chi connectivity index (χ4v) is 3.82. The summed E-state index contributed by atoms with van der Waals surface area (Å²) in [5, 5.41) is 6.54. The summed E-state index contributed by atoms with van der Waals surface area (Å²) in [7, 11) is 0. The number of nitrogens with zero attached hydrogens (tertiary/aromatic N) is 2. The minimum Gasteiger partial charge on any atom is -0.361 e. The van der Waals surface area contributed by atoms with Gasteiger partial charge >= 0.3 is 0 Å². The maximum atomic E-state index is 13.0. The number of carbonyl (C=O) groups is 1. The van der Waals surface area contributed by atoms with E-state index >= 15 is 0 Å². The van der Waals surface area contributed by atoms with Gasteiger partial charge in [-0.15, -0.1) is 0 Å². The van der Waals surface area contributed by atoms with Gasteiger partial charge in [0.1, 0.15) is 0 Å². The molecule has 2 heterocycles. The number of halogens is 1. The molecule has 2 N–H and O–H groups in total. The van der Waals surface area contributed by atoms with Crippen molar-refractivity contribution in [3.05, 3.63) is 101 Å². The minimum absolute atomic E-state index is 0.317. The largest absolute Gasteiger partial charge is 0.361 e. The number of pyridine rings is 1. The first-order valence-corrected chi connectivity index (χ1v) is 10.1. The standard InChI is InChI=1S/C25H17ClN4O/c26-21-10-4-1-9-19(21)24-13-20(18-8-3-6-12-23(18)29-24)25(31)30-28-15-16-14-27-22-11-5-2-7-17(16)22/h1-15,27H,(H,30,31). The van der Waals surface area contributed by atoms with E-state index in [1.54, 1.807) is 18.3 Å². The van der Waals surface area contributed by atoms with Gasteiger partial charge in [-0.25, -0.2) is 10.4 Å². The summed E-state index contributed by atoms with van der Waals surface area (Å²) < 4.78 is 0. The number of hydrogen-bond acceptors (Lipinski definition) is 3. The number of rotatable bonds is 4. The molecular weight excluding hydrogens is 408 g/mol. The van der Waals surface area contributed by atoms with Crippen LogP contribution in [0.5, 0.6) is 0 Å². The number of hydrogen-bond donors (Lipinski definition) is 2. The van der Waals surface area contributed by atoms with Gasteiger partial charge in [0.25, 0.3) is 5.91 Å². The van der Waals surface area contributed by atoms with Crippen LogP contribution in [-0.2, 0) is 0 Å². The van der Waals surface area contributed by atoms with Crippen LogP contribution in [0.25, 0.3) is 33.1 Å². The molecule has 0 radical (unpaired) electrons. The quantitative estimate of drug-likeness (QED) is 0.282. The lowest BCUT2D eigenvalue weighted by molar-refractivity contribution is 0.0956. The lowest BCUT2D eigenvalue weighted by atomic mass is 10.0. The van der Waals surface area contributed by atoms with E-state index in [2.05, 4.69) is 15.5 Å². The summed E-state index contributed by atoms with van der Waals surface area (Å²) in [4.78, 5) is 20.9. The number of benzene rings is 3. The molecule has 31 heavy (non-hydrogen) atoms. The molecule has 0 atom stereocenters. The van der Waals surface area contributed by atoms with Crippen molar-refractivity contribution >= 4 is 45.5 Å². The lowest BCUT2D eigenvalue weighted by Gasteiger charge is -2.10. The van der Waals surface area contributed by atoms with E-state index in [0.717, 1.165) is 27.4 Å². The Balaban J connectivity index is 1.50. The molecule has 0 bridgehead atoms. The molecule has 0 saturated carbocycles. The molecular formula is C25H17ClN4O. The third kappa shape index (κ3) is 3.67. The number of fused-ring (bicyclic) bond motifs is 2. The zero-order valence-electron chi connectivity index (χ0n) is 16.3. The number of hydrazone groups is 1. The number of nitrogens with one attached hydrogen (secondary N) is 2. The van der Waals surface area contributed by atoms with Crippen molar-refractivity contribution in [1.29, 1.82) is 0 Å². The molecule has 0 saturated heterocycles. The van der Waals surface area contributed by atoms with Crippen LogP contribution in [-0.4, -0.2) is 22.1 Å². The van der Waals surface area contributed by atoms with Crippen LogP contribution in [0, 0.1) is 0 Å². The molecule has 0 aliphatic heterocycles. The van der Waals surface area contributed by atoms with Gasteiger partial charge in [-0.05, 0) is 24.3 Å². The average Bonchev–Trinajstić information content (AvgIpc) is 3.22. The van der Waals surface area contributed by atoms with Crippen LogP contribution in [0.15, 0.2) is 90.2 Å². The normalized spacial score (nSPS) is 11.4. The molecule has 5 rings (SSSR count). The summed E-state index contributed by atoms with van der Waals surface area (Å²) in [5.41, 5.74) is 7.15. The molecule has 150 valence electrons. The number of para-hydroxylation sites is 2. The smallest absolute Gasteiger partial charge is 0.272 e. The second-order valence-corrected chi connectivity index (χ2v) is 7.45. The highest BCUT2D eigenvalue weighted by Gasteiger charge is 2.15. The third-order valence-electron chi connectivity index (χ3n) is 5.10. The summed E-state index contributed by atoms with van der Waals surface area (Å²) >= 11 is 6.36. The number of H-pyrrole nitrogens is 1. The second kappa shape index (κ2) is 8.05. The van der Waals surface area contributed by atoms with Gasteiger partial charge in [0.2, 0.25) is 0 Å². The Labute approximate surface area is 183 Å². The van der Waals surface area contributed by atoms with E-state index in [0.29, 0.717) is 21.8 Å². The molecule has 5 aromatic rings. The number of aromatic nitrogens is 2. The molecule has 6 heteroatoms. The van der Waals surface area contributed by atoms with Crippen molar-refractivity contribution in [3.63, 3.8) is 0 Å². The van der Waals surface area contributed by atoms with E-state index in [1.807, 2.05) is 72.9 Å². The highest BCUT2D eigenvalue weighted by Crippen LogP contribution is 2.29. The molecule has 0 aliphatic carbocycles. The van der Waals surface area contributed by atoms with Crippen molar-refractivity contribution in [2.24, 2.45) is 5.10 Å². The predicted octanol–water partition coefficient (Wildman–Crippen LogP) is 5.80. The van der Waals surface area contributed by atoms with Crippen LogP contribution in [0.3, 0.4) is 0 Å². The fourth-order valence-electron chi connectivity index (χ4n) is 3.59. The number of amides is 1. The monoisotopic (exact) mass is 424 g/mol. The SMILES string of the molecule is O=C(NN=Cc1c[nH]c2ccccc12)c1cc(-c2ccccc2Cl)nc2ccccc12. The Hall–Kier alpha value is -3.96. The van der Waals surface area contributed by atoms with E-state index in [4.69, 9.17) is 16.6 Å². The Morgan fingerprint density at radius 3 is 2.58 bits per heavy atom. The molecule has 3 aromatic carbocycles. The molecule has 0 unspecified atom stereocenters. The summed E-state index contributed by atoms with van der Waals surface area (Å²) in [6, 6.07) is 24.6. The Morgan fingerprint density at radius 2 is 1.71 bits per heavy atom. The highest BCUT2D eigenvalue weighted by atomic mass is 35.5. The Bertz CT molecular complexity index is 1450. The zero-order valence-corrected chi connectivity index (χ0v) is 17.1. The molecule has 2 aromatic heterocycles. The molecule has 5 nitrogen and oxygen atoms in total. The van der Waals surface area contributed by atoms with Gasteiger partial charge < -0.3 is 4.98 Å².